The van der Waals surface area contributed by atoms with Crippen LogP contribution in [0.3, 0.4) is 0 Å². The predicted molar refractivity (Wildman–Crippen MR) is 102 cm³/mol. The van der Waals surface area contributed by atoms with Gasteiger partial charge >= 0.3 is 0 Å². The van der Waals surface area contributed by atoms with E-state index in [-0.39, 0.29) is 4.90 Å². The molecule has 0 bridgehead atoms. The zero-order valence-corrected chi connectivity index (χ0v) is 15.1. The first-order valence-corrected chi connectivity index (χ1v) is 9.74. The van der Waals surface area contributed by atoms with E-state index in [0.29, 0.717) is 24.7 Å². The van der Waals surface area contributed by atoms with Gasteiger partial charge in [0.2, 0.25) is 0 Å². The molecule has 26 heavy (non-hydrogen) atoms. The molecule has 3 aromatic rings. The van der Waals surface area contributed by atoms with Crippen LogP contribution in [0.5, 0.6) is 5.75 Å². The average Bonchev–Trinajstić information content (AvgIpc) is 3.18. The predicted octanol–water partition coefficient (Wildman–Crippen LogP) is 3.30. The van der Waals surface area contributed by atoms with Gasteiger partial charge < -0.3 is 4.74 Å². The number of nitrogens with zero attached hydrogens (tertiary/aromatic N) is 2. The topological polar surface area (TPSA) is 59.0 Å². The van der Waals surface area contributed by atoms with Crippen LogP contribution in [0.25, 0.3) is 10.8 Å². The maximum absolute atomic E-state index is 13.2. The number of methoxy groups -OCH3 is 1. The van der Waals surface area contributed by atoms with Crippen molar-refractivity contribution in [2.24, 2.45) is 4.99 Å². The number of fused-ring (bicyclic) bond motifs is 1. The smallest absolute Gasteiger partial charge is 0.265 e. The number of aliphatic imine (C=N–C) groups is 1. The molecule has 1 aliphatic heterocycles. The van der Waals surface area contributed by atoms with Crippen LogP contribution >= 0.6 is 0 Å². The highest BCUT2D eigenvalue weighted by molar-refractivity contribution is 7.89. The van der Waals surface area contributed by atoms with Gasteiger partial charge in [-0.05, 0) is 35.0 Å². The molecule has 6 heteroatoms. The van der Waals surface area contributed by atoms with E-state index in [2.05, 4.69) is 4.99 Å². The number of amidine groups is 1. The monoisotopic (exact) mass is 366 g/mol. The summed E-state index contributed by atoms with van der Waals surface area (Å²) in [5, 5.41) is 2.05. The molecule has 1 aliphatic rings. The SMILES string of the molecule is COc1ccc(S(=O)(=O)N2CCN=C2c2cccc3ccccc23)cc1. The summed E-state index contributed by atoms with van der Waals surface area (Å²) < 4.78 is 32.8. The molecule has 1 heterocycles. The van der Waals surface area contributed by atoms with Crippen LogP contribution in [-0.2, 0) is 10.0 Å². The van der Waals surface area contributed by atoms with Gasteiger partial charge in [0.1, 0.15) is 11.6 Å². The maximum Gasteiger partial charge on any atom is 0.265 e. The van der Waals surface area contributed by atoms with E-state index < -0.39 is 10.0 Å². The van der Waals surface area contributed by atoms with Crippen molar-refractivity contribution in [3.8, 4) is 5.75 Å². The highest BCUT2D eigenvalue weighted by Crippen LogP contribution is 2.27. The Kier molecular flexibility index (Phi) is 4.12. The second-order valence-electron chi connectivity index (χ2n) is 5.98. The molecule has 0 fully saturated rings. The molecule has 0 atom stereocenters. The van der Waals surface area contributed by atoms with Crippen molar-refractivity contribution in [2.75, 3.05) is 20.2 Å². The lowest BCUT2D eigenvalue weighted by molar-refractivity contribution is 0.414. The fraction of sp³-hybridized carbons (Fsp3) is 0.150. The van der Waals surface area contributed by atoms with Gasteiger partial charge in [0.25, 0.3) is 10.0 Å². The molecule has 0 spiro atoms. The van der Waals surface area contributed by atoms with E-state index >= 15 is 0 Å². The summed E-state index contributed by atoms with van der Waals surface area (Å²) >= 11 is 0. The fourth-order valence-corrected chi connectivity index (χ4v) is 4.62. The van der Waals surface area contributed by atoms with Crippen molar-refractivity contribution in [3.63, 3.8) is 0 Å². The third-order valence-electron chi connectivity index (χ3n) is 4.48. The van der Waals surface area contributed by atoms with Crippen LogP contribution in [0.4, 0.5) is 0 Å². The van der Waals surface area contributed by atoms with E-state index in [1.807, 2.05) is 42.5 Å². The van der Waals surface area contributed by atoms with E-state index in [1.54, 1.807) is 31.4 Å². The molecule has 0 aliphatic carbocycles. The first kappa shape index (κ1) is 16.6. The number of ether oxygens (including phenoxy) is 1. The van der Waals surface area contributed by atoms with Gasteiger partial charge in [-0.3, -0.25) is 4.99 Å². The summed E-state index contributed by atoms with van der Waals surface area (Å²) in [6.07, 6.45) is 0. The van der Waals surface area contributed by atoms with Crippen molar-refractivity contribution in [3.05, 3.63) is 72.3 Å². The van der Waals surface area contributed by atoms with Crippen molar-refractivity contribution < 1.29 is 13.2 Å². The minimum atomic E-state index is -3.68. The third kappa shape index (κ3) is 2.72. The Hall–Kier alpha value is -2.86. The molecule has 0 unspecified atom stereocenters. The minimum Gasteiger partial charge on any atom is -0.497 e. The summed E-state index contributed by atoms with van der Waals surface area (Å²) in [6.45, 7) is 0.793. The minimum absolute atomic E-state index is 0.230. The van der Waals surface area contributed by atoms with Crippen molar-refractivity contribution in [2.45, 2.75) is 4.90 Å². The van der Waals surface area contributed by atoms with Gasteiger partial charge in [0.15, 0.2) is 0 Å². The van der Waals surface area contributed by atoms with Crippen LogP contribution in [0, 0.1) is 0 Å². The summed E-state index contributed by atoms with van der Waals surface area (Å²) in [5.74, 6) is 1.12. The number of rotatable bonds is 4. The number of hydrogen-bond acceptors (Lipinski definition) is 4. The molecule has 0 saturated carbocycles. The van der Waals surface area contributed by atoms with Gasteiger partial charge in [-0.2, -0.15) is 0 Å². The molecule has 0 saturated heterocycles. The van der Waals surface area contributed by atoms with Gasteiger partial charge in [-0.15, -0.1) is 0 Å². The van der Waals surface area contributed by atoms with E-state index in [4.69, 9.17) is 4.74 Å². The molecule has 0 radical (unpaired) electrons. The van der Waals surface area contributed by atoms with Crippen LogP contribution in [0.15, 0.2) is 76.6 Å². The molecule has 3 aromatic carbocycles. The first-order chi connectivity index (χ1) is 12.6. The molecule has 5 nitrogen and oxygen atoms in total. The number of sulfonamides is 1. The Balaban J connectivity index is 1.78. The zero-order valence-electron chi connectivity index (χ0n) is 14.3. The third-order valence-corrected chi connectivity index (χ3v) is 6.28. The lowest BCUT2D eigenvalue weighted by Crippen LogP contribution is -2.35. The Morgan fingerprint density at radius 2 is 1.69 bits per heavy atom. The Bertz CT molecular complexity index is 1080. The summed E-state index contributed by atoms with van der Waals surface area (Å²) in [7, 11) is -2.13. The van der Waals surface area contributed by atoms with Gasteiger partial charge in [-0.1, -0.05) is 42.5 Å². The van der Waals surface area contributed by atoms with Crippen LogP contribution in [-0.4, -0.2) is 38.8 Å². The first-order valence-electron chi connectivity index (χ1n) is 8.30. The normalized spacial score (nSPS) is 14.5. The Morgan fingerprint density at radius 1 is 0.962 bits per heavy atom. The average molecular weight is 366 g/mol. The molecule has 0 amide bonds. The summed E-state index contributed by atoms with van der Waals surface area (Å²) in [5.41, 5.74) is 0.831. The van der Waals surface area contributed by atoms with E-state index in [1.165, 1.54) is 4.31 Å². The lowest BCUT2D eigenvalue weighted by Gasteiger charge is -2.21. The van der Waals surface area contributed by atoms with Crippen molar-refractivity contribution in [1.29, 1.82) is 0 Å². The van der Waals surface area contributed by atoms with E-state index in [9.17, 15) is 8.42 Å². The summed E-state index contributed by atoms with van der Waals surface area (Å²) in [4.78, 5) is 4.73. The van der Waals surface area contributed by atoms with Gasteiger partial charge in [-0.25, -0.2) is 12.7 Å². The molecule has 0 N–H and O–H groups in total. The lowest BCUT2D eigenvalue weighted by atomic mass is 10.0. The van der Waals surface area contributed by atoms with Crippen LogP contribution in [0.2, 0.25) is 0 Å². The Morgan fingerprint density at radius 3 is 2.46 bits per heavy atom. The molecular weight excluding hydrogens is 348 g/mol. The molecule has 4 rings (SSSR count). The number of hydrogen-bond donors (Lipinski definition) is 0. The molecule has 0 aromatic heterocycles. The van der Waals surface area contributed by atoms with Crippen LogP contribution < -0.4 is 4.74 Å². The largest absolute Gasteiger partial charge is 0.497 e. The van der Waals surface area contributed by atoms with E-state index in [0.717, 1.165) is 16.3 Å². The number of benzene rings is 3. The fourth-order valence-electron chi connectivity index (χ4n) is 3.18. The second-order valence-corrected chi connectivity index (χ2v) is 7.85. The molecular formula is C20H18N2O3S. The maximum atomic E-state index is 13.2. The Labute approximate surface area is 152 Å². The summed E-state index contributed by atoms with van der Waals surface area (Å²) in [6, 6.07) is 20.2. The van der Waals surface area contributed by atoms with Crippen LogP contribution in [0.1, 0.15) is 5.56 Å². The van der Waals surface area contributed by atoms with Crippen molar-refractivity contribution in [1.82, 2.24) is 4.31 Å². The highest BCUT2D eigenvalue weighted by atomic mass is 32.2. The highest BCUT2D eigenvalue weighted by Gasteiger charge is 2.32. The van der Waals surface area contributed by atoms with Gasteiger partial charge in [0, 0.05) is 5.56 Å². The van der Waals surface area contributed by atoms with Gasteiger partial charge in [0.05, 0.1) is 25.1 Å². The zero-order chi connectivity index (χ0) is 18.1. The standard InChI is InChI=1S/C20H18N2O3S/c1-25-16-9-11-17(12-10-16)26(23,24)22-14-13-21-20(22)19-8-4-6-15-5-2-3-7-18(15)19/h2-12H,13-14H2,1H3. The quantitative estimate of drug-likeness (QED) is 0.712. The van der Waals surface area contributed by atoms with Crippen molar-refractivity contribution >= 4 is 26.6 Å². The molecule has 132 valence electrons. The second kappa shape index (κ2) is 6.46.